The van der Waals surface area contributed by atoms with E-state index >= 15 is 0 Å². The molecule has 0 aromatic rings. The van der Waals surface area contributed by atoms with Gasteiger partial charge in [-0.3, -0.25) is 4.79 Å². The zero-order chi connectivity index (χ0) is 11.0. The quantitative estimate of drug-likeness (QED) is 0.519. The summed E-state index contributed by atoms with van der Waals surface area (Å²) in [6.45, 7) is 5.23. The van der Waals surface area contributed by atoms with Crippen LogP contribution in [0.4, 0.5) is 0 Å². The van der Waals surface area contributed by atoms with Crippen molar-refractivity contribution in [1.29, 1.82) is 0 Å². The van der Waals surface area contributed by atoms with Gasteiger partial charge in [0.05, 0.1) is 5.92 Å². The van der Waals surface area contributed by atoms with Gasteiger partial charge in [-0.1, -0.05) is 30.9 Å². The van der Waals surface area contributed by atoms with E-state index in [1.54, 1.807) is 31.2 Å². The number of aliphatic carboxylic acids is 1. The molecule has 0 rings (SSSR count). The molecule has 1 atom stereocenters. The molecule has 0 radical (unpaired) electrons. The van der Waals surface area contributed by atoms with Gasteiger partial charge in [0, 0.05) is 6.42 Å². The molecule has 0 aliphatic carbocycles. The SMILES string of the molecule is C=C/C=C\C(=C/C)[C@@H](CC=O)C(=O)O. The number of aldehydes is 1. The molecule has 0 aromatic heterocycles. The minimum Gasteiger partial charge on any atom is -0.481 e. The van der Waals surface area contributed by atoms with Crippen LogP contribution in [0.5, 0.6) is 0 Å². The van der Waals surface area contributed by atoms with E-state index in [2.05, 4.69) is 6.58 Å². The highest BCUT2D eigenvalue weighted by Gasteiger charge is 2.19. The highest BCUT2D eigenvalue weighted by atomic mass is 16.4. The lowest BCUT2D eigenvalue weighted by molar-refractivity contribution is -0.141. The molecule has 0 amide bonds. The predicted molar refractivity (Wildman–Crippen MR) is 54.9 cm³/mol. The second-order valence-electron chi connectivity index (χ2n) is 2.68. The summed E-state index contributed by atoms with van der Waals surface area (Å²) in [4.78, 5) is 21.1. The van der Waals surface area contributed by atoms with Crippen molar-refractivity contribution < 1.29 is 14.7 Å². The zero-order valence-corrected chi connectivity index (χ0v) is 8.14. The largest absolute Gasteiger partial charge is 0.481 e. The van der Waals surface area contributed by atoms with Crippen molar-refractivity contribution in [3.05, 3.63) is 36.5 Å². The van der Waals surface area contributed by atoms with Crippen LogP contribution >= 0.6 is 0 Å². The molecule has 3 nitrogen and oxygen atoms in total. The molecule has 0 aliphatic rings. The van der Waals surface area contributed by atoms with E-state index in [1.165, 1.54) is 0 Å². The van der Waals surface area contributed by atoms with Crippen molar-refractivity contribution in [2.75, 3.05) is 0 Å². The molecule has 1 N–H and O–H groups in total. The van der Waals surface area contributed by atoms with Crippen LogP contribution in [-0.2, 0) is 9.59 Å². The monoisotopic (exact) mass is 194 g/mol. The van der Waals surface area contributed by atoms with E-state index < -0.39 is 11.9 Å². The average molecular weight is 194 g/mol. The van der Waals surface area contributed by atoms with Crippen LogP contribution in [0.2, 0.25) is 0 Å². The van der Waals surface area contributed by atoms with Crippen molar-refractivity contribution in [2.45, 2.75) is 13.3 Å². The summed E-state index contributed by atoms with van der Waals surface area (Å²) < 4.78 is 0. The van der Waals surface area contributed by atoms with Gasteiger partial charge in [0.1, 0.15) is 6.29 Å². The lowest BCUT2D eigenvalue weighted by Gasteiger charge is -2.09. The van der Waals surface area contributed by atoms with Crippen molar-refractivity contribution >= 4 is 12.3 Å². The number of rotatable bonds is 6. The summed E-state index contributed by atoms with van der Waals surface area (Å²) in [7, 11) is 0. The van der Waals surface area contributed by atoms with Gasteiger partial charge in [-0.25, -0.2) is 0 Å². The van der Waals surface area contributed by atoms with Crippen molar-refractivity contribution in [3.63, 3.8) is 0 Å². The lowest BCUT2D eigenvalue weighted by atomic mass is 9.95. The predicted octanol–water partition coefficient (Wildman–Crippen LogP) is 1.96. The van der Waals surface area contributed by atoms with Crippen molar-refractivity contribution in [1.82, 2.24) is 0 Å². The molecule has 0 unspecified atom stereocenters. The minimum atomic E-state index is -0.987. The Morgan fingerprint density at radius 1 is 1.57 bits per heavy atom. The van der Waals surface area contributed by atoms with Crippen LogP contribution in [0.1, 0.15) is 13.3 Å². The molecule has 14 heavy (non-hydrogen) atoms. The fourth-order valence-electron chi connectivity index (χ4n) is 1.07. The molecule has 0 saturated heterocycles. The molecule has 0 fully saturated rings. The number of carbonyl (C=O) groups is 2. The molecule has 0 saturated carbocycles. The van der Waals surface area contributed by atoms with Gasteiger partial charge in [0.15, 0.2) is 0 Å². The lowest BCUT2D eigenvalue weighted by Crippen LogP contribution is -2.15. The second-order valence-corrected chi connectivity index (χ2v) is 2.68. The van der Waals surface area contributed by atoms with Gasteiger partial charge in [-0.15, -0.1) is 0 Å². The highest BCUT2D eigenvalue weighted by molar-refractivity contribution is 5.77. The molecule has 0 aromatic carbocycles. The molecule has 0 bridgehead atoms. The number of hydrogen-bond donors (Lipinski definition) is 1. The van der Waals surface area contributed by atoms with E-state index in [1.807, 2.05) is 0 Å². The van der Waals surface area contributed by atoms with Crippen molar-refractivity contribution in [3.8, 4) is 0 Å². The fraction of sp³-hybridized carbons (Fsp3) is 0.273. The average Bonchev–Trinajstić information content (AvgIpc) is 2.17. The Kier molecular flexibility index (Phi) is 6.03. The Labute approximate surface area is 83.4 Å². The Morgan fingerprint density at radius 2 is 2.21 bits per heavy atom. The first-order valence-corrected chi connectivity index (χ1v) is 4.29. The summed E-state index contributed by atoms with van der Waals surface area (Å²) in [5.74, 6) is -1.74. The minimum absolute atomic E-state index is 0.00348. The Bertz CT molecular complexity index is 274. The molecular weight excluding hydrogens is 180 g/mol. The van der Waals surface area contributed by atoms with E-state index in [-0.39, 0.29) is 6.42 Å². The Morgan fingerprint density at radius 3 is 2.57 bits per heavy atom. The molecule has 3 heteroatoms. The summed E-state index contributed by atoms with van der Waals surface area (Å²) in [6.07, 6.45) is 7.15. The number of hydrogen-bond acceptors (Lipinski definition) is 2. The zero-order valence-electron chi connectivity index (χ0n) is 8.14. The summed E-state index contributed by atoms with van der Waals surface area (Å²) in [5.41, 5.74) is 0.615. The van der Waals surface area contributed by atoms with Crippen LogP contribution < -0.4 is 0 Å². The van der Waals surface area contributed by atoms with Gasteiger partial charge < -0.3 is 9.90 Å². The van der Waals surface area contributed by atoms with Crippen LogP contribution in [0.3, 0.4) is 0 Å². The highest BCUT2D eigenvalue weighted by Crippen LogP contribution is 2.16. The van der Waals surface area contributed by atoms with Crippen LogP contribution in [0.15, 0.2) is 36.5 Å². The summed E-state index contributed by atoms with van der Waals surface area (Å²) in [6, 6.07) is 0. The Balaban J connectivity index is 4.76. The van der Waals surface area contributed by atoms with Crippen LogP contribution in [0, 0.1) is 5.92 Å². The standard InChI is InChI=1S/C11H14O3/c1-3-5-6-9(4-2)10(7-8-12)11(13)14/h3-6,8,10H,1,7H2,2H3,(H,13,14)/b6-5-,9-4+/t10-/m1/s1. The third kappa shape index (κ3) is 3.85. The maximum absolute atomic E-state index is 10.8. The third-order valence-electron chi connectivity index (χ3n) is 1.79. The first-order valence-electron chi connectivity index (χ1n) is 4.29. The van der Waals surface area contributed by atoms with Gasteiger partial charge in [-0.05, 0) is 12.5 Å². The molecule has 0 aliphatic heterocycles. The molecule has 0 spiro atoms. The third-order valence-corrected chi connectivity index (χ3v) is 1.79. The first-order chi connectivity index (χ1) is 6.67. The van der Waals surface area contributed by atoms with Crippen LogP contribution in [-0.4, -0.2) is 17.4 Å². The molecular formula is C11H14O3. The van der Waals surface area contributed by atoms with E-state index in [0.717, 1.165) is 0 Å². The number of allylic oxidation sites excluding steroid dienone is 4. The maximum atomic E-state index is 10.8. The fourth-order valence-corrected chi connectivity index (χ4v) is 1.07. The van der Waals surface area contributed by atoms with Gasteiger partial charge >= 0.3 is 5.97 Å². The van der Waals surface area contributed by atoms with Crippen LogP contribution in [0.25, 0.3) is 0 Å². The summed E-state index contributed by atoms with van der Waals surface area (Å²) in [5, 5.41) is 8.85. The Hall–Kier alpha value is -1.64. The van der Waals surface area contributed by atoms with Gasteiger partial charge in [0.2, 0.25) is 0 Å². The number of carbonyl (C=O) groups excluding carboxylic acids is 1. The number of carboxylic acids is 1. The summed E-state index contributed by atoms with van der Waals surface area (Å²) >= 11 is 0. The van der Waals surface area contributed by atoms with E-state index in [4.69, 9.17) is 5.11 Å². The normalized spacial score (nSPS) is 13.9. The van der Waals surface area contributed by atoms with Crippen molar-refractivity contribution in [2.24, 2.45) is 5.92 Å². The molecule has 76 valence electrons. The first kappa shape index (κ1) is 12.4. The van der Waals surface area contributed by atoms with E-state index in [9.17, 15) is 9.59 Å². The number of carboxylic acid groups (broad SMARTS) is 1. The van der Waals surface area contributed by atoms with Gasteiger partial charge in [0.25, 0.3) is 0 Å². The maximum Gasteiger partial charge on any atom is 0.311 e. The van der Waals surface area contributed by atoms with E-state index in [0.29, 0.717) is 11.9 Å². The smallest absolute Gasteiger partial charge is 0.311 e. The van der Waals surface area contributed by atoms with Gasteiger partial charge in [-0.2, -0.15) is 0 Å². The second kappa shape index (κ2) is 6.83. The molecule has 0 heterocycles. The topological polar surface area (TPSA) is 54.4 Å².